The molecule has 0 saturated carbocycles. The molecule has 4 N–H and O–H groups in total. The molecule has 0 unspecified atom stereocenters. The van der Waals surface area contributed by atoms with Crippen LogP contribution in [0.15, 0.2) is 0 Å². The van der Waals surface area contributed by atoms with Gasteiger partial charge in [-0.3, -0.25) is 19.6 Å². The highest BCUT2D eigenvalue weighted by Crippen LogP contribution is 2.13. The summed E-state index contributed by atoms with van der Waals surface area (Å²) in [6, 6.07) is -0.938. The number of aliphatic carboxylic acids is 1. The zero-order chi connectivity index (χ0) is 13.9. The molecular formula is C10H14N4O4. The summed E-state index contributed by atoms with van der Waals surface area (Å²) in [6.45, 7) is 3.14. The third kappa shape index (κ3) is 3.30. The van der Waals surface area contributed by atoms with E-state index in [1.165, 1.54) is 4.68 Å². The third-order valence-electron chi connectivity index (χ3n) is 2.42. The highest BCUT2D eigenvalue weighted by atomic mass is 16.4. The summed E-state index contributed by atoms with van der Waals surface area (Å²) in [4.78, 5) is 32.5. The largest absolute Gasteiger partial charge is 0.481 e. The lowest BCUT2D eigenvalue weighted by Gasteiger charge is -2.04. The number of carboxylic acid groups (broad SMARTS) is 1. The summed E-state index contributed by atoms with van der Waals surface area (Å²) in [5.41, 5.74) is 6.49. The fraction of sp³-hybridized carbons (Fsp3) is 0.400. The summed E-state index contributed by atoms with van der Waals surface area (Å²) >= 11 is 0. The van der Waals surface area contributed by atoms with E-state index >= 15 is 0 Å². The van der Waals surface area contributed by atoms with Crippen LogP contribution in [0.2, 0.25) is 0 Å². The molecule has 3 amide bonds. The molecular weight excluding hydrogens is 240 g/mol. The number of rotatable bonds is 4. The minimum absolute atomic E-state index is 0.158. The van der Waals surface area contributed by atoms with Gasteiger partial charge in [-0.05, 0) is 13.8 Å². The van der Waals surface area contributed by atoms with E-state index in [4.69, 9.17) is 10.8 Å². The molecule has 0 atom stereocenters. The number of carbonyl (C=O) groups excluding carboxylic acids is 2. The fourth-order valence-corrected chi connectivity index (χ4v) is 1.61. The van der Waals surface area contributed by atoms with Gasteiger partial charge < -0.3 is 10.8 Å². The van der Waals surface area contributed by atoms with Gasteiger partial charge in [0, 0.05) is 11.3 Å². The monoisotopic (exact) mass is 254 g/mol. The molecule has 98 valence electrons. The summed E-state index contributed by atoms with van der Waals surface area (Å²) in [7, 11) is 0. The Hall–Kier alpha value is -2.38. The lowest BCUT2D eigenvalue weighted by atomic mass is 10.1. The molecule has 0 fully saturated rings. The van der Waals surface area contributed by atoms with Crippen LogP contribution in [-0.4, -0.2) is 32.8 Å². The fourth-order valence-electron chi connectivity index (χ4n) is 1.61. The van der Waals surface area contributed by atoms with Crippen molar-refractivity contribution >= 4 is 17.9 Å². The van der Waals surface area contributed by atoms with E-state index in [1.807, 2.05) is 5.32 Å². The number of nitrogens with zero attached hydrogens (tertiary/aromatic N) is 2. The van der Waals surface area contributed by atoms with Crippen molar-refractivity contribution in [3.05, 3.63) is 17.0 Å². The standard InChI is InChI=1S/C10H14N4O4/c1-5-7(3-9(16)17)6(2)14(13-5)4-8(15)12-10(11)18/h3-4H2,1-2H3,(H,16,17)(H3,11,12,15,18). The molecule has 1 aromatic rings. The second-order valence-electron chi connectivity index (χ2n) is 3.79. The molecule has 0 radical (unpaired) electrons. The number of hydrogen-bond donors (Lipinski definition) is 3. The number of imide groups is 1. The Bertz CT molecular complexity index is 506. The Morgan fingerprint density at radius 3 is 2.50 bits per heavy atom. The predicted molar refractivity (Wildman–Crippen MR) is 60.8 cm³/mol. The van der Waals surface area contributed by atoms with Crippen LogP contribution in [-0.2, 0) is 22.6 Å². The highest BCUT2D eigenvalue weighted by Gasteiger charge is 2.16. The molecule has 0 aliphatic heterocycles. The molecule has 0 aromatic carbocycles. The van der Waals surface area contributed by atoms with Crippen LogP contribution >= 0.6 is 0 Å². The SMILES string of the molecule is Cc1nn(CC(=O)NC(N)=O)c(C)c1CC(=O)O. The van der Waals surface area contributed by atoms with Gasteiger partial charge in [-0.25, -0.2) is 4.79 Å². The molecule has 0 bridgehead atoms. The third-order valence-corrected chi connectivity index (χ3v) is 2.42. The second-order valence-corrected chi connectivity index (χ2v) is 3.79. The molecule has 1 heterocycles. The van der Waals surface area contributed by atoms with Crippen molar-refractivity contribution in [3.8, 4) is 0 Å². The first kappa shape index (κ1) is 13.7. The Balaban J connectivity index is 2.88. The van der Waals surface area contributed by atoms with Gasteiger partial charge >= 0.3 is 12.0 Å². The van der Waals surface area contributed by atoms with Gasteiger partial charge in [0.1, 0.15) is 6.54 Å². The Morgan fingerprint density at radius 1 is 1.39 bits per heavy atom. The van der Waals surface area contributed by atoms with Crippen molar-refractivity contribution in [1.29, 1.82) is 0 Å². The number of amides is 3. The van der Waals surface area contributed by atoms with Crippen molar-refractivity contribution in [3.63, 3.8) is 0 Å². The first-order valence-corrected chi connectivity index (χ1v) is 5.15. The van der Waals surface area contributed by atoms with Gasteiger partial charge in [-0.2, -0.15) is 5.10 Å². The van der Waals surface area contributed by atoms with Crippen molar-refractivity contribution in [2.45, 2.75) is 26.8 Å². The maximum atomic E-state index is 11.3. The number of aryl methyl sites for hydroxylation is 1. The Morgan fingerprint density at radius 2 is 2.00 bits per heavy atom. The van der Waals surface area contributed by atoms with Gasteiger partial charge in [-0.1, -0.05) is 0 Å². The van der Waals surface area contributed by atoms with E-state index in [-0.39, 0.29) is 13.0 Å². The van der Waals surface area contributed by atoms with Crippen LogP contribution in [0.4, 0.5) is 4.79 Å². The smallest absolute Gasteiger partial charge is 0.318 e. The highest BCUT2D eigenvalue weighted by molar-refractivity contribution is 5.93. The van der Waals surface area contributed by atoms with E-state index in [1.54, 1.807) is 13.8 Å². The number of urea groups is 1. The average Bonchev–Trinajstić information content (AvgIpc) is 2.44. The van der Waals surface area contributed by atoms with Crippen molar-refractivity contribution in [2.24, 2.45) is 5.73 Å². The van der Waals surface area contributed by atoms with Gasteiger partial charge in [0.25, 0.3) is 0 Å². The Kier molecular flexibility index (Phi) is 4.03. The number of hydrogen-bond acceptors (Lipinski definition) is 4. The number of aromatic nitrogens is 2. The molecule has 8 heteroatoms. The van der Waals surface area contributed by atoms with Crippen molar-refractivity contribution in [1.82, 2.24) is 15.1 Å². The number of carbonyl (C=O) groups is 3. The normalized spacial score (nSPS) is 10.1. The first-order valence-electron chi connectivity index (χ1n) is 5.15. The molecule has 18 heavy (non-hydrogen) atoms. The minimum Gasteiger partial charge on any atom is -0.481 e. The number of nitrogens with two attached hydrogens (primary N) is 1. The summed E-state index contributed by atoms with van der Waals surface area (Å²) in [5, 5.41) is 14.7. The van der Waals surface area contributed by atoms with Crippen LogP contribution in [0.1, 0.15) is 17.0 Å². The lowest BCUT2D eigenvalue weighted by molar-refractivity contribution is -0.136. The van der Waals surface area contributed by atoms with Gasteiger partial charge in [0.2, 0.25) is 5.91 Å². The van der Waals surface area contributed by atoms with Gasteiger partial charge in [0.15, 0.2) is 0 Å². The topological polar surface area (TPSA) is 127 Å². The summed E-state index contributed by atoms with van der Waals surface area (Å²) in [5.74, 6) is -1.57. The quantitative estimate of drug-likeness (QED) is 0.656. The minimum atomic E-state index is -0.970. The molecule has 0 saturated heterocycles. The van der Waals surface area contributed by atoms with Crippen LogP contribution in [0.3, 0.4) is 0 Å². The number of carboxylic acids is 1. The number of nitrogens with one attached hydrogen (secondary N) is 1. The van der Waals surface area contributed by atoms with Crippen LogP contribution in [0.5, 0.6) is 0 Å². The molecule has 0 spiro atoms. The Labute approximate surface area is 103 Å². The maximum Gasteiger partial charge on any atom is 0.318 e. The van der Waals surface area contributed by atoms with E-state index in [9.17, 15) is 14.4 Å². The van der Waals surface area contributed by atoms with E-state index in [0.717, 1.165) is 0 Å². The molecule has 1 aromatic heterocycles. The van der Waals surface area contributed by atoms with Crippen LogP contribution in [0.25, 0.3) is 0 Å². The van der Waals surface area contributed by atoms with Crippen LogP contribution < -0.4 is 11.1 Å². The van der Waals surface area contributed by atoms with Gasteiger partial charge in [-0.15, -0.1) is 0 Å². The summed E-state index contributed by atoms with van der Waals surface area (Å²) < 4.78 is 1.34. The number of primary amides is 1. The maximum absolute atomic E-state index is 11.3. The summed E-state index contributed by atoms with van der Waals surface area (Å²) in [6.07, 6.45) is -0.158. The first-order chi connectivity index (χ1) is 8.31. The van der Waals surface area contributed by atoms with Crippen molar-refractivity contribution in [2.75, 3.05) is 0 Å². The lowest BCUT2D eigenvalue weighted by Crippen LogP contribution is -2.37. The van der Waals surface area contributed by atoms with Gasteiger partial charge in [0.05, 0.1) is 12.1 Å². The van der Waals surface area contributed by atoms with E-state index in [0.29, 0.717) is 17.0 Å². The zero-order valence-electron chi connectivity index (χ0n) is 10.1. The second kappa shape index (κ2) is 5.30. The zero-order valence-corrected chi connectivity index (χ0v) is 10.1. The molecule has 8 nitrogen and oxygen atoms in total. The van der Waals surface area contributed by atoms with E-state index in [2.05, 4.69) is 5.10 Å². The molecule has 0 aliphatic rings. The average molecular weight is 254 g/mol. The predicted octanol–water partition coefficient (Wildman–Crippen LogP) is -0.678. The van der Waals surface area contributed by atoms with E-state index < -0.39 is 17.9 Å². The molecule has 0 aliphatic carbocycles. The molecule has 1 rings (SSSR count). The van der Waals surface area contributed by atoms with Crippen LogP contribution in [0, 0.1) is 13.8 Å². The van der Waals surface area contributed by atoms with Crippen molar-refractivity contribution < 1.29 is 19.5 Å².